The van der Waals surface area contributed by atoms with Crippen LogP contribution in [0, 0.1) is 0 Å². The Morgan fingerprint density at radius 3 is 2.71 bits per heavy atom. The summed E-state index contributed by atoms with van der Waals surface area (Å²) in [6, 6.07) is 10.1. The zero-order chi connectivity index (χ0) is 14.8. The summed E-state index contributed by atoms with van der Waals surface area (Å²) in [6.45, 7) is 2.06. The number of aromatic nitrogens is 4. The number of fused-ring (bicyclic) bond motifs is 1. The van der Waals surface area contributed by atoms with Crippen LogP contribution in [0.3, 0.4) is 0 Å². The van der Waals surface area contributed by atoms with Crippen LogP contribution in [-0.2, 0) is 0 Å². The number of halogens is 1. The number of para-hydroxylation sites is 1. The minimum atomic E-state index is 0.185. The first kappa shape index (κ1) is 13.8. The molecule has 1 aromatic carbocycles. The molecule has 0 aliphatic heterocycles. The van der Waals surface area contributed by atoms with Crippen LogP contribution in [0.2, 0.25) is 0 Å². The van der Waals surface area contributed by atoms with Crippen LogP contribution >= 0.6 is 11.6 Å². The van der Waals surface area contributed by atoms with Gasteiger partial charge >= 0.3 is 0 Å². The molecule has 1 atom stereocenters. The highest BCUT2D eigenvalue weighted by Gasteiger charge is 2.16. The number of benzene rings is 1. The highest BCUT2D eigenvalue weighted by molar-refractivity contribution is 6.18. The summed E-state index contributed by atoms with van der Waals surface area (Å²) >= 11 is 5.94. The van der Waals surface area contributed by atoms with Gasteiger partial charge in [-0.05, 0) is 19.1 Å². The summed E-state index contributed by atoms with van der Waals surface area (Å²) in [7, 11) is 1.98. The van der Waals surface area contributed by atoms with Gasteiger partial charge in [0.25, 0.3) is 0 Å². The number of hydrogen-bond donors (Lipinski definition) is 0. The molecular formula is C15H16ClN5. The molecule has 3 aromatic rings. The van der Waals surface area contributed by atoms with Crippen LogP contribution in [-0.4, -0.2) is 38.7 Å². The van der Waals surface area contributed by atoms with Gasteiger partial charge in [-0.1, -0.05) is 18.2 Å². The highest BCUT2D eigenvalue weighted by atomic mass is 35.5. The number of hydrogen-bond acceptors (Lipinski definition) is 4. The van der Waals surface area contributed by atoms with E-state index in [1.165, 1.54) is 0 Å². The summed E-state index contributed by atoms with van der Waals surface area (Å²) in [5.74, 6) is 1.38. The molecule has 0 saturated carbocycles. The molecule has 3 rings (SSSR count). The van der Waals surface area contributed by atoms with E-state index in [1.807, 2.05) is 47.0 Å². The number of rotatable bonds is 4. The van der Waals surface area contributed by atoms with Gasteiger partial charge in [0.15, 0.2) is 5.65 Å². The predicted molar refractivity (Wildman–Crippen MR) is 85.2 cm³/mol. The van der Waals surface area contributed by atoms with Crippen molar-refractivity contribution in [2.45, 2.75) is 13.0 Å². The Hall–Kier alpha value is -2.14. The number of alkyl halides is 1. The third-order valence-corrected chi connectivity index (χ3v) is 4.01. The van der Waals surface area contributed by atoms with E-state index in [4.69, 9.17) is 11.6 Å². The average Bonchev–Trinajstić information content (AvgIpc) is 2.98. The fourth-order valence-electron chi connectivity index (χ4n) is 2.18. The lowest BCUT2D eigenvalue weighted by Gasteiger charge is -2.24. The van der Waals surface area contributed by atoms with Crippen molar-refractivity contribution in [2.24, 2.45) is 0 Å². The van der Waals surface area contributed by atoms with Crippen molar-refractivity contribution in [3.63, 3.8) is 0 Å². The van der Waals surface area contributed by atoms with Gasteiger partial charge in [-0.3, -0.25) is 0 Å². The molecule has 0 fully saturated rings. The minimum Gasteiger partial charge on any atom is -0.355 e. The molecular weight excluding hydrogens is 286 g/mol. The largest absolute Gasteiger partial charge is 0.355 e. The Morgan fingerprint density at radius 2 is 2.00 bits per heavy atom. The SMILES string of the molecule is CC(CCl)N(C)c1ncnc2c1cnn2-c1ccccc1. The average molecular weight is 302 g/mol. The first-order chi connectivity index (χ1) is 10.2. The van der Waals surface area contributed by atoms with E-state index >= 15 is 0 Å². The molecule has 0 radical (unpaired) electrons. The van der Waals surface area contributed by atoms with Crippen molar-refractivity contribution in [3.8, 4) is 5.69 Å². The zero-order valence-electron chi connectivity index (χ0n) is 11.9. The quantitative estimate of drug-likeness (QED) is 0.695. The summed E-state index contributed by atoms with van der Waals surface area (Å²) in [5.41, 5.74) is 1.77. The summed E-state index contributed by atoms with van der Waals surface area (Å²) in [6.07, 6.45) is 3.37. The van der Waals surface area contributed by atoms with Gasteiger partial charge in [0.1, 0.15) is 12.1 Å². The maximum atomic E-state index is 5.94. The lowest BCUT2D eigenvalue weighted by atomic mass is 10.3. The first-order valence-corrected chi connectivity index (χ1v) is 7.28. The van der Waals surface area contributed by atoms with Crippen LogP contribution in [0.25, 0.3) is 16.7 Å². The van der Waals surface area contributed by atoms with Crippen molar-refractivity contribution >= 4 is 28.5 Å². The van der Waals surface area contributed by atoms with E-state index in [0.717, 1.165) is 22.5 Å². The maximum Gasteiger partial charge on any atom is 0.168 e. The van der Waals surface area contributed by atoms with E-state index in [-0.39, 0.29) is 6.04 Å². The minimum absolute atomic E-state index is 0.185. The Balaban J connectivity index is 2.13. The Kier molecular flexibility index (Phi) is 3.75. The molecule has 2 aromatic heterocycles. The fraction of sp³-hybridized carbons (Fsp3) is 0.267. The molecule has 0 N–H and O–H groups in total. The number of nitrogens with zero attached hydrogens (tertiary/aromatic N) is 5. The normalized spacial score (nSPS) is 12.5. The first-order valence-electron chi connectivity index (χ1n) is 6.75. The highest BCUT2D eigenvalue weighted by Crippen LogP contribution is 2.25. The molecule has 21 heavy (non-hydrogen) atoms. The molecule has 0 saturated heterocycles. The molecule has 5 nitrogen and oxygen atoms in total. The third-order valence-electron chi connectivity index (χ3n) is 3.56. The van der Waals surface area contributed by atoms with Gasteiger partial charge in [0.2, 0.25) is 0 Å². The van der Waals surface area contributed by atoms with Gasteiger partial charge in [-0.25, -0.2) is 14.6 Å². The van der Waals surface area contributed by atoms with E-state index in [0.29, 0.717) is 5.88 Å². The Morgan fingerprint density at radius 1 is 1.24 bits per heavy atom. The van der Waals surface area contributed by atoms with Crippen LogP contribution in [0.1, 0.15) is 6.92 Å². The fourth-order valence-corrected chi connectivity index (χ4v) is 2.39. The smallest absolute Gasteiger partial charge is 0.168 e. The lowest BCUT2D eigenvalue weighted by molar-refractivity contribution is 0.751. The van der Waals surface area contributed by atoms with Crippen molar-refractivity contribution in [2.75, 3.05) is 17.8 Å². The van der Waals surface area contributed by atoms with Crippen LogP contribution in [0.5, 0.6) is 0 Å². The molecule has 0 aliphatic carbocycles. The molecule has 0 spiro atoms. The van der Waals surface area contributed by atoms with Crippen molar-refractivity contribution in [1.82, 2.24) is 19.7 Å². The van der Waals surface area contributed by atoms with Crippen molar-refractivity contribution in [1.29, 1.82) is 0 Å². The molecule has 6 heteroatoms. The second-order valence-electron chi connectivity index (χ2n) is 4.94. The predicted octanol–water partition coefficient (Wildman–Crippen LogP) is 2.88. The standard InChI is InChI=1S/C15H16ClN5/c1-11(8-16)20(2)14-13-9-19-21(15(13)18-10-17-14)12-6-4-3-5-7-12/h3-7,9-11H,8H2,1-2H3. The van der Waals surface area contributed by atoms with E-state index < -0.39 is 0 Å². The van der Waals surface area contributed by atoms with Gasteiger partial charge in [-0.2, -0.15) is 5.10 Å². The molecule has 0 aliphatic rings. The van der Waals surface area contributed by atoms with Gasteiger partial charge in [0.05, 0.1) is 17.3 Å². The summed E-state index contributed by atoms with van der Waals surface area (Å²) < 4.78 is 1.82. The maximum absolute atomic E-state index is 5.94. The van der Waals surface area contributed by atoms with Crippen LogP contribution in [0.4, 0.5) is 5.82 Å². The van der Waals surface area contributed by atoms with Crippen LogP contribution in [0.15, 0.2) is 42.9 Å². The molecule has 0 amide bonds. The summed E-state index contributed by atoms with van der Waals surface area (Å²) in [5, 5.41) is 5.37. The van der Waals surface area contributed by atoms with E-state index in [2.05, 4.69) is 22.0 Å². The molecule has 0 bridgehead atoms. The second-order valence-corrected chi connectivity index (χ2v) is 5.25. The van der Waals surface area contributed by atoms with Crippen molar-refractivity contribution in [3.05, 3.63) is 42.9 Å². The van der Waals surface area contributed by atoms with E-state index in [1.54, 1.807) is 12.5 Å². The van der Waals surface area contributed by atoms with Gasteiger partial charge in [0, 0.05) is 19.0 Å². The van der Waals surface area contributed by atoms with Gasteiger partial charge < -0.3 is 4.90 Å². The van der Waals surface area contributed by atoms with Crippen LogP contribution < -0.4 is 4.90 Å². The number of anilines is 1. The lowest BCUT2D eigenvalue weighted by Crippen LogP contribution is -2.31. The Labute approximate surface area is 128 Å². The van der Waals surface area contributed by atoms with Gasteiger partial charge in [-0.15, -0.1) is 11.6 Å². The Bertz CT molecular complexity index is 740. The monoisotopic (exact) mass is 301 g/mol. The third kappa shape index (κ3) is 2.45. The molecule has 1 unspecified atom stereocenters. The van der Waals surface area contributed by atoms with E-state index in [9.17, 15) is 0 Å². The second kappa shape index (κ2) is 5.69. The molecule has 2 heterocycles. The molecule has 108 valence electrons. The topological polar surface area (TPSA) is 46.8 Å². The summed E-state index contributed by atoms with van der Waals surface area (Å²) in [4.78, 5) is 10.8. The zero-order valence-corrected chi connectivity index (χ0v) is 12.7. The van der Waals surface area contributed by atoms with Crippen molar-refractivity contribution < 1.29 is 0 Å².